The first-order valence-electron chi connectivity index (χ1n) is 5.70. The summed E-state index contributed by atoms with van der Waals surface area (Å²) >= 11 is 0. The van der Waals surface area contributed by atoms with Gasteiger partial charge in [-0.1, -0.05) is 24.3 Å². The van der Waals surface area contributed by atoms with Crippen LogP contribution in [0, 0.1) is 45.5 Å². The number of ether oxygens (including phenoxy) is 1. The number of hydrogen-bond donors (Lipinski definition) is 0. The summed E-state index contributed by atoms with van der Waals surface area (Å²) in [5.74, 6) is 0.686. The molecule has 5 heteroatoms. The zero-order valence-electron chi connectivity index (χ0n) is 11.6. The van der Waals surface area contributed by atoms with Gasteiger partial charge in [0, 0.05) is 0 Å². The number of hydrogen-bond acceptors (Lipinski definition) is 1. The Morgan fingerprint density at radius 1 is 0.857 bits per heavy atom. The molecule has 0 amide bonds. The van der Waals surface area contributed by atoms with E-state index in [9.17, 15) is 13.2 Å². The van der Waals surface area contributed by atoms with E-state index >= 15 is 0 Å². The predicted molar refractivity (Wildman–Crippen MR) is 74.1 cm³/mol. The van der Waals surface area contributed by atoms with Gasteiger partial charge in [0.05, 0.1) is 5.56 Å². The van der Waals surface area contributed by atoms with Crippen LogP contribution in [-0.4, -0.2) is 6.61 Å². The molecule has 110 valence electrons. The molecule has 0 unspecified atom stereocenters. The molecule has 0 aliphatic rings. The standard InChI is InChI=1S/C15H12F3O.CH3.U/c1-2-19-14-9-5-12(6-10-14)11-3-7-13(8-4-11)15(16,17)18;;/h3-10H,1-2H2;1H3;/q2*-1;+2. The Balaban J connectivity index is 0.00000200. The van der Waals surface area contributed by atoms with Crippen LogP contribution in [0.15, 0.2) is 48.5 Å². The maximum Gasteiger partial charge on any atom is 2.00 e. The van der Waals surface area contributed by atoms with E-state index < -0.39 is 11.7 Å². The van der Waals surface area contributed by atoms with Gasteiger partial charge in [-0.25, -0.2) is 0 Å². The van der Waals surface area contributed by atoms with E-state index in [0.29, 0.717) is 12.4 Å². The predicted octanol–water partition coefficient (Wildman–Crippen LogP) is 5.04. The third-order valence-corrected chi connectivity index (χ3v) is 2.67. The summed E-state index contributed by atoms with van der Waals surface area (Å²) < 4.78 is 42.5. The first-order chi connectivity index (χ1) is 9.00. The maximum atomic E-state index is 12.4. The monoisotopic (exact) mass is 518 g/mol. The van der Waals surface area contributed by atoms with Gasteiger partial charge < -0.3 is 19.1 Å². The quantitative estimate of drug-likeness (QED) is 0.518. The minimum atomic E-state index is -4.30. The van der Waals surface area contributed by atoms with E-state index in [-0.39, 0.29) is 38.5 Å². The van der Waals surface area contributed by atoms with Crippen molar-refractivity contribution >= 4 is 0 Å². The smallest absolute Gasteiger partial charge is 0.525 e. The van der Waals surface area contributed by atoms with E-state index in [4.69, 9.17) is 4.74 Å². The van der Waals surface area contributed by atoms with Crippen LogP contribution in [0.3, 0.4) is 0 Å². The molecule has 0 bridgehead atoms. The molecule has 0 aliphatic carbocycles. The van der Waals surface area contributed by atoms with Crippen LogP contribution in [-0.2, 0) is 6.18 Å². The van der Waals surface area contributed by atoms with Gasteiger partial charge in [0.1, 0.15) is 5.75 Å². The molecule has 0 saturated carbocycles. The van der Waals surface area contributed by atoms with Crippen molar-refractivity contribution in [1.29, 1.82) is 0 Å². The van der Waals surface area contributed by atoms with Crippen molar-refractivity contribution < 1.29 is 49.0 Å². The zero-order valence-corrected chi connectivity index (χ0v) is 15.7. The SMILES string of the molecule is [CH2-]COc1ccc(-c2ccc(C(F)(F)F)cc2)cc1.[CH3-].[U+2]. The molecule has 2 aromatic carbocycles. The molecule has 21 heavy (non-hydrogen) atoms. The Bertz CT molecular complexity index is 533. The molecule has 0 heterocycles. The van der Waals surface area contributed by atoms with E-state index in [1.165, 1.54) is 12.1 Å². The summed E-state index contributed by atoms with van der Waals surface area (Å²) in [4.78, 5) is 0. The van der Waals surface area contributed by atoms with Crippen LogP contribution < -0.4 is 4.74 Å². The summed E-state index contributed by atoms with van der Waals surface area (Å²) in [5.41, 5.74) is 0.924. The van der Waals surface area contributed by atoms with Gasteiger partial charge in [-0.05, 0) is 42.0 Å². The number of alkyl halides is 3. The summed E-state index contributed by atoms with van der Waals surface area (Å²) in [6, 6.07) is 12.2. The largest absolute Gasteiger partial charge is 2.00 e. The molecule has 0 fully saturated rings. The molecule has 1 nitrogen and oxygen atoms in total. The summed E-state index contributed by atoms with van der Waals surface area (Å²) in [7, 11) is 0. The van der Waals surface area contributed by atoms with Crippen LogP contribution in [0.4, 0.5) is 13.2 Å². The number of halogens is 3. The van der Waals surface area contributed by atoms with Crippen molar-refractivity contribution in [3.63, 3.8) is 0 Å². The van der Waals surface area contributed by atoms with Gasteiger partial charge in [0.25, 0.3) is 0 Å². The fourth-order valence-electron chi connectivity index (χ4n) is 1.71. The summed E-state index contributed by atoms with van der Waals surface area (Å²) in [6.07, 6.45) is -4.30. The Kier molecular flexibility index (Phi) is 8.13. The molecule has 0 atom stereocenters. The minimum absolute atomic E-state index is 0. The molecule has 0 spiro atoms. The normalized spacial score (nSPS) is 10.3. The van der Waals surface area contributed by atoms with Crippen LogP contribution in [0.1, 0.15) is 5.56 Å². The van der Waals surface area contributed by atoms with E-state index in [1.807, 2.05) is 0 Å². The van der Waals surface area contributed by atoms with Crippen molar-refractivity contribution in [3.05, 3.63) is 68.4 Å². The summed E-state index contributed by atoms with van der Waals surface area (Å²) in [6.45, 7) is 3.90. The van der Waals surface area contributed by atoms with Crippen molar-refractivity contribution in [1.82, 2.24) is 0 Å². The molecule has 0 radical (unpaired) electrons. The number of benzene rings is 2. The fraction of sp³-hybridized carbons (Fsp3) is 0.125. The van der Waals surface area contributed by atoms with Crippen LogP contribution in [0.5, 0.6) is 5.75 Å². The molecule has 0 aromatic heterocycles. The zero-order chi connectivity index (χ0) is 13.9. The Morgan fingerprint density at radius 3 is 1.67 bits per heavy atom. The van der Waals surface area contributed by atoms with Gasteiger partial charge in [-0.2, -0.15) is 13.2 Å². The second-order valence-electron chi connectivity index (χ2n) is 3.95. The van der Waals surface area contributed by atoms with Crippen molar-refractivity contribution in [2.75, 3.05) is 6.61 Å². The van der Waals surface area contributed by atoms with E-state index in [1.54, 1.807) is 24.3 Å². The van der Waals surface area contributed by atoms with Gasteiger partial charge in [-0.3, -0.25) is 0 Å². The Morgan fingerprint density at radius 2 is 1.29 bits per heavy atom. The molecule has 2 rings (SSSR count). The first-order valence-corrected chi connectivity index (χ1v) is 5.70. The molecule has 0 saturated heterocycles. The number of rotatable bonds is 3. The van der Waals surface area contributed by atoms with Gasteiger partial charge in [-0.15, -0.1) is 0 Å². The maximum absolute atomic E-state index is 12.4. The van der Waals surface area contributed by atoms with Gasteiger partial charge in [0.2, 0.25) is 0 Å². The Labute approximate surface area is 146 Å². The van der Waals surface area contributed by atoms with Gasteiger partial charge >= 0.3 is 37.3 Å². The molecular weight excluding hydrogens is 503 g/mol. The molecule has 2 aromatic rings. The molecule has 0 N–H and O–H groups in total. The average molecular weight is 518 g/mol. The summed E-state index contributed by atoms with van der Waals surface area (Å²) in [5, 5.41) is 0. The average Bonchev–Trinajstić information content (AvgIpc) is 2.39. The second-order valence-corrected chi connectivity index (χ2v) is 3.95. The fourth-order valence-corrected chi connectivity index (χ4v) is 1.71. The third-order valence-electron chi connectivity index (χ3n) is 2.67. The second kappa shape index (κ2) is 8.51. The van der Waals surface area contributed by atoms with Crippen LogP contribution in [0.2, 0.25) is 0 Å². The van der Waals surface area contributed by atoms with Crippen molar-refractivity contribution in [3.8, 4) is 16.9 Å². The first kappa shape index (κ1) is 20.1. The topological polar surface area (TPSA) is 9.23 Å². The van der Waals surface area contributed by atoms with Crippen LogP contribution in [0.25, 0.3) is 11.1 Å². The minimum Gasteiger partial charge on any atom is -0.525 e. The Hall–Kier alpha value is -0.918. The van der Waals surface area contributed by atoms with E-state index in [0.717, 1.165) is 23.3 Å². The van der Waals surface area contributed by atoms with Crippen molar-refractivity contribution in [2.24, 2.45) is 0 Å². The third kappa shape index (κ3) is 5.41. The van der Waals surface area contributed by atoms with Crippen molar-refractivity contribution in [2.45, 2.75) is 6.18 Å². The van der Waals surface area contributed by atoms with E-state index in [2.05, 4.69) is 6.92 Å². The molecular formula is C16H15F3OU. The van der Waals surface area contributed by atoms with Crippen LogP contribution >= 0.6 is 0 Å². The molecule has 0 aliphatic heterocycles. The van der Waals surface area contributed by atoms with Gasteiger partial charge in [0.15, 0.2) is 0 Å².